The number of carbonyl (C=O) groups excluding carboxylic acids is 1. The van der Waals surface area contributed by atoms with Gasteiger partial charge in [0.15, 0.2) is 0 Å². The molecule has 0 amide bonds. The number of benzene rings is 1. The highest BCUT2D eigenvalue weighted by molar-refractivity contribution is 9.10. The maximum absolute atomic E-state index is 13.1. The Labute approximate surface area is 92.6 Å². The quantitative estimate of drug-likeness (QED) is 0.637. The van der Waals surface area contributed by atoms with Crippen LogP contribution in [-0.2, 0) is 4.74 Å². The van der Waals surface area contributed by atoms with Gasteiger partial charge in [-0.05, 0) is 22.0 Å². The van der Waals surface area contributed by atoms with Gasteiger partial charge in [-0.15, -0.1) is 0 Å². The first-order valence-corrected chi connectivity index (χ1v) is 4.61. The molecule has 0 aliphatic heterocycles. The molecular weight excluding hydrogens is 278 g/mol. The Morgan fingerprint density at radius 2 is 2.29 bits per heavy atom. The predicted molar refractivity (Wildman–Crippen MR) is 52.1 cm³/mol. The number of aromatic hydroxyl groups is 1. The average Bonchev–Trinajstić information content (AvgIpc) is 2.19. The largest absolute Gasteiger partial charge is 0.505 e. The molecule has 76 valence electrons. The molecule has 14 heavy (non-hydrogen) atoms. The molecule has 6 heteroatoms. The SMILES string of the molecule is COC(=O)c1cc(F)c(Br)c(Cl)c1O. The maximum atomic E-state index is 13.1. The maximum Gasteiger partial charge on any atom is 0.341 e. The lowest BCUT2D eigenvalue weighted by Gasteiger charge is -2.06. The molecule has 0 saturated carbocycles. The van der Waals surface area contributed by atoms with Crippen LogP contribution in [-0.4, -0.2) is 18.2 Å². The number of methoxy groups -OCH3 is 1. The number of hydrogen-bond acceptors (Lipinski definition) is 3. The summed E-state index contributed by atoms with van der Waals surface area (Å²) < 4.78 is 17.3. The van der Waals surface area contributed by atoms with Crippen molar-refractivity contribution in [1.29, 1.82) is 0 Å². The highest BCUT2D eigenvalue weighted by Gasteiger charge is 2.19. The molecule has 0 bridgehead atoms. The monoisotopic (exact) mass is 282 g/mol. The second-order valence-electron chi connectivity index (χ2n) is 2.37. The van der Waals surface area contributed by atoms with E-state index in [-0.39, 0.29) is 15.1 Å². The molecule has 0 spiro atoms. The number of hydrogen-bond donors (Lipinski definition) is 1. The van der Waals surface area contributed by atoms with Crippen LogP contribution in [0.5, 0.6) is 5.75 Å². The van der Waals surface area contributed by atoms with Crippen molar-refractivity contribution in [3.05, 3.63) is 26.9 Å². The smallest absolute Gasteiger partial charge is 0.341 e. The van der Waals surface area contributed by atoms with Gasteiger partial charge < -0.3 is 9.84 Å². The van der Waals surface area contributed by atoms with Crippen molar-refractivity contribution in [1.82, 2.24) is 0 Å². The van der Waals surface area contributed by atoms with Gasteiger partial charge in [0, 0.05) is 0 Å². The van der Waals surface area contributed by atoms with Crippen LogP contribution in [0, 0.1) is 5.82 Å². The molecule has 1 aromatic carbocycles. The molecule has 0 atom stereocenters. The molecule has 0 radical (unpaired) electrons. The van der Waals surface area contributed by atoms with E-state index in [0.717, 1.165) is 13.2 Å². The van der Waals surface area contributed by atoms with Crippen molar-refractivity contribution < 1.29 is 19.0 Å². The minimum absolute atomic E-state index is 0.0932. The Kier molecular flexibility index (Phi) is 3.34. The van der Waals surface area contributed by atoms with E-state index in [1.807, 2.05) is 0 Å². The summed E-state index contributed by atoms with van der Waals surface area (Å²) in [5, 5.41) is 9.12. The summed E-state index contributed by atoms with van der Waals surface area (Å²) >= 11 is 8.36. The Morgan fingerprint density at radius 1 is 1.71 bits per heavy atom. The van der Waals surface area contributed by atoms with Gasteiger partial charge >= 0.3 is 5.97 Å². The summed E-state index contributed by atoms with van der Waals surface area (Å²) in [6, 6.07) is 0.844. The lowest BCUT2D eigenvalue weighted by atomic mass is 10.2. The third-order valence-electron chi connectivity index (χ3n) is 1.54. The third-order valence-corrected chi connectivity index (χ3v) is 2.91. The minimum atomic E-state index is -0.851. The fraction of sp³-hybridized carbons (Fsp3) is 0.125. The van der Waals surface area contributed by atoms with Crippen molar-refractivity contribution in [2.45, 2.75) is 0 Å². The third kappa shape index (κ3) is 1.83. The van der Waals surface area contributed by atoms with E-state index in [1.54, 1.807) is 0 Å². The first-order chi connectivity index (χ1) is 6.49. The zero-order valence-electron chi connectivity index (χ0n) is 6.97. The Hall–Kier alpha value is -0.810. The summed E-state index contributed by atoms with van der Waals surface area (Å²) in [5.74, 6) is -2.10. The van der Waals surface area contributed by atoms with E-state index in [9.17, 15) is 14.3 Å². The van der Waals surface area contributed by atoms with Gasteiger partial charge in [0.25, 0.3) is 0 Å². The zero-order chi connectivity index (χ0) is 10.9. The average molecular weight is 283 g/mol. The minimum Gasteiger partial charge on any atom is -0.505 e. The van der Waals surface area contributed by atoms with Gasteiger partial charge in [-0.25, -0.2) is 9.18 Å². The Balaban J connectivity index is 3.40. The summed E-state index contributed by atoms with van der Waals surface area (Å²) in [7, 11) is 1.12. The highest BCUT2D eigenvalue weighted by atomic mass is 79.9. The summed E-state index contributed by atoms with van der Waals surface area (Å²) in [6.07, 6.45) is 0. The van der Waals surface area contributed by atoms with Gasteiger partial charge in [0.1, 0.15) is 22.2 Å². The van der Waals surface area contributed by atoms with Crippen LogP contribution in [0.2, 0.25) is 5.02 Å². The summed E-state index contributed by atoms with van der Waals surface area (Å²) in [5.41, 5.74) is -0.307. The van der Waals surface area contributed by atoms with Gasteiger partial charge in [0.2, 0.25) is 0 Å². The van der Waals surface area contributed by atoms with Crippen molar-refractivity contribution in [2.75, 3.05) is 7.11 Å². The number of ether oxygens (including phenoxy) is 1. The van der Waals surface area contributed by atoms with Crippen molar-refractivity contribution in [2.24, 2.45) is 0 Å². The van der Waals surface area contributed by atoms with E-state index < -0.39 is 17.5 Å². The molecule has 0 aliphatic rings. The normalized spacial score (nSPS) is 10.0. The zero-order valence-corrected chi connectivity index (χ0v) is 9.32. The van der Waals surface area contributed by atoms with Crippen LogP contribution in [0.3, 0.4) is 0 Å². The molecular formula is C8H5BrClFO3. The Morgan fingerprint density at radius 3 is 2.79 bits per heavy atom. The fourth-order valence-electron chi connectivity index (χ4n) is 0.851. The molecule has 0 heterocycles. The molecule has 0 aromatic heterocycles. The van der Waals surface area contributed by atoms with Gasteiger partial charge in [-0.3, -0.25) is 0 Å². The number of halogens is 3. The van der Waals surface area contributed by atoms with Gasteiger partial charge in [0.05, 0.1) is 11.6 Å². The second kappa shape index (κ2) is 4.14. The number of esters is 1. The first-order valence-electron chi connectivity index (χ1n) is 3.43. The summed E-state index contributed by atoms with van der Waals surface area (Å²) in [4.78, 5) is 11.0. The topological polar surface area (TPSA) is 46.5 Å². The van der Waals surface area contributed by atoms with Crippen LogP contribution < -0.4 is 0 Å². The van der Waals surface area contributed by atoms with Crippen LogP contribution >= 0.6 is 27.5 Å². The lowest BCUT2D eigenvalue weighted by Crippen LogP contribution is -2.03. The number of phenols is 1. The molecule has 0 unspecified atom stereocenters. The molecule has 1 N–H and O–H groups in total. The Bertz CT molecular complexity index is 395. The predicted octanol–water partition coefficient (Wildman–Crippen LogP) is 2.73. The molecule has 0 saturated heterocycles. The molecule has 3 nitrogen and oxygen atoms in total. The van der Waals surface area contributed by atoms with E-state index in [4.69, 9.17) is 11.6 Å². The molecule has 1 aromatic rings. The van der Waals surface area contributed by atoms with Crippen LogP contribution in [0.25, 0.3) is 0 Å². The lowest BCUT2D eigenvalue weighted by molar-refractivity contribution is 0.0597. The van der Waals surface area contributed by atoms with E-state index in [0.29, 0.717) is 0 Å². The first kappa shape index (κ1) is 11.3. The molecule has 0 fully saturated rings. The molecule has 1 rings (SSSR count). The number of phenolic OH excluding ortho intramolecular Hbond substituents is 1. The highest BCUT2D eigenvalue weighted by Crippen LogP contribution is 2.36. The van der Waals surface area contributed by atoms with E-state index in [1.165, 1.54) is 0 Å². The molecule has 0 aliphatic carbocycles. The van der Waals surface area contributed by atoms with Crippen LogP contribution in [0.15, 0.2) is 10.5 Å². The van der Waals surface area contributed by atoms with Crippen LogP contribution in [0.4, 0.5) is 4.39 Å². The second-order valence-corrected chi connectivity index (χ2v) is 3.55. The fourth-order valence-corrected chi connectivity index (χ4v) is 1.35. The van der Waals surface area contributed by atoms with Crippen molar-refractivity contribution >= 4 is 33.5 Å². The number of rotatable bonds is 1. The van der Waals surface area contributed by atoms with Crippen LogP contribution in [0.1, 0.15) is 10.4 Å². The number of carbonyl (C=O) groups is 1. The standard InChI is InChI=1S/C8H5BrClFO3/c1-14-8(13)3-2-4(11)5(9)6(10)7(3)12/h2,12H,1H3. The van der Waals surface area contributed by atoms with Crippen molar-refractivity contribution in [3.8, 4) is 5.75 Å². The van der Waals surface area contributed by atoms with E-state index >= 15 is 0 Å². The summed E-state index contributed by atoms with van der Waals surface area (Å²) in [6.45, 7) is 0. The van der Waals surface area contributed by atoms with Gasteiger partial charge in [-0.2, -0.15) is 0 Å². The van der Waals surface area contributed by atoms with Crippen molar-refractivity contribution in [3.63, 3.8) is 0 Å². The van der Waals surface area contributed by atoms with Gasteiger partial charge in [-0.1, -0.05) is 11.6 Å². The van der Waals surface area contributed by atoms with E-state index in [2.05, 4.69) is 20.7 Å².